The number of allylic oxidation sites excluding steroid dienone is 3. The van der Waals surface area contributed by atoms with Crippen molar-refractivity contribution in [1.29, 1.82) is 0 Å². The van der Waals surface area contributed by atoms with E-state index in [0.717, 1.165) is 13.1 Å². The molecule has 0 bridgehead atoms. The van der Waals surface area contributed by atoms with Gasteiger partial charge in [0.15, 0.2) is 0 Å². The maximum atomic E-state index is 3.67. The molecule has 62 valence electrons. The second kappa shape index (κ2) is 3.72. The molecule has 0 amide bonds. The Balaban J connectivity index is 2.49. The van der Waals surface area contributed by atoms with Gasteiger partial charge in [-0.1, -0.05) is 31.7 Å². The minimum Gasteiger partial charge on any atom is -0.317 e. The van der Waals surface area contributed by atoms with E-state index in [1.54, 1.807) is 0 Å². The molecule has 1 nitrogen and oxygen atoms in total. The van der Waals surface area contributed by atoms with Crippen molar-refractivity contribution in [3.8, 4) is 0 Å². The normalized spacial score (nSPS) is 23.7. The van der Waals surface area contributed by atoms with Gasteiger partial charge in [0, 0.05) is 0 Å². The predicted octanol–water partition coefficient (Wildman–Crippen LogP) is 2.12. The predicted molar refractivity (Wildman–Crippen MR) is 49.5 cm³/mol. The highest BCUT2D eigenvalue weighted by molar-refractivity contribution is 5.06. The Morgan fingerprint density at radius 3 is 2.55 bits per heavy atom. The van der Waals surface area contributed by atoms with E-state index < -0.39 is 0 Å². The highest BCUT2D eigenvalue weighted by atomic mass is 14.9. The Bertz CT molecular complexity index is 152. The van der Waals surface area contributed by atoms with Crippen LogP contribution in [0.4, 0.5) is 0 Å². The zero-order chi connectivity index (χ0) is 8.16. The zero-order valence-electron chi connectivity index (χ0n) is 7.27. The summed E-state index contributed by atoms with van der Waals surface area (Å²) < 4.78 is 0. The quantitative estimate of drug-likeness (QED) is 0.596. The molecule has 0 radical (unpaired) electrons. The van der Waals surface area contributed by atoms with Gasteiger partial charge in [-0.15, -0.1) is 0 Å². The molecule has 0 aromatic rings. The van der Waals surface area contributed by atoms with Gasteiger partial charge in [-0.3, -0.25) is 0 Å². The molecular weight excluding hydrogens is 134 g/mol. The fourth-order valence-corrected chi connectivity index (χ4v) is 1.46. The van der Waals surface area contributed by atoms with E-state index in [0.29, 0.717) is 5.41 Å². The Hall–Kier alpha value is -0.560. The van der Waals surface area contributed by atoms with Crippen LogP contribution in [0, 0.1) is 5.41 Å². The first kappa shape index (κ1) is 8.54. The van der Waals surface area contributed by atoms with E-state index in [9.17, 15) is 0 Å². The van der Waals surface area contributed by atoms with Crippen LogP contribution in [0.25, 0.3) is 0 Å². The van der Waals surface area contributed by atoms with Crippen molar-refractivity contribution in [2.75, 3.05) is 13.1 Å². The lowest BCUT2D eigenvalue weighted by Crippen LogP contribution is -2.33. The second-order valence-electron chi connectivity index (χ2n) is 3.50. The molecule has 0 aliphatic carbocycles. The second-order valence-corrected chi connectivity index (χ2v) is 3.50. The molecule has 1 aliphatic heterocycles. The molecule has 0 spiro atoms. The van der Waals surface area contributed by atoms with Crippen LogP contribution in [-0.2, 0) is 0 Å². The largest absolute Gasteiger partial charge is 0.317 e. The average molecular weight is 151 g/mol. The molecule has 1 heterocycles. The first-order valence-corrected chi connectivity index (χ1v) is 4.28. The number of nitrogens with one attached hydrogen (secondary N) is 1. The summed E-state index contributed by atoms with van der Waals surface area (Å²) in [7, 11) is 0. The fourth-order valence-electron chi connectivity index (χ4n) is 1.46. The third-order valence-corrected chi connectivity index (χ3v) is 2.38. The molecule has 1 heteroatoms. The Morgan fingerprint density at radius 1 is 1.36 bits per heavy atom. The third kappa shape index (κ3) is 2.51. The first-order valence-electron chi connectivity index (χ1n) is 4.28. The van der Waals surface area contributed by atoms with Crippen molar-refractivity contribution in [3.63, 3.8) is 0 Å². The van der Waals surface area contributed by atoms with Gasteiger partial charge in [0.05, 0.1) is 0 Å². The standard InChI is InChI=1S/C10H17N/c1-3-4-5-10(2)6-8-11-9-7-10/h3-5,11H,1,6-9H2,2H3. The van der Waals surface area contributed by atoms with Crippen molar-refractivity contribution in [2.24, 2.45) is 5.41 Å². The topological polar surface area (TPSA) is 12.0 Å². The van der Waals surface area contributed by atoms with Gasteiger partial charge >= 0.3 is 0 Å². The SMILES string of the molecule is C=CC=CC1(C)CCNCC1. The van der Waals surface area contributed by atoms with Gasteiger partial charge in [0.2, 0.25) is 0 Å². The molecule has 0 saturated carbocycles. The Morgan fingerprint density at radius 2 is 2.00 bits per heavy atom. The summed E-state index contributed by atoms with van der Waals surface area (Å²) in [6.07, 6.45) is 8.69. The van der Waals surface area contributed by atoms with Crippen molar-refractivity contribution in [1.82, 2.24) is 5.32 Å². The Labute approximate surface area is 69.2 Å². The summed E-state index contributed by atoms with van der Waals surface area (Å²) in [5.74, 6) is 0. The maximum Gasteiger partial charge on any atom is -0.00407 e. The average Bonchev–Trinajstić information content (AvgIpc) is 2.03. The van der Waals surface area contributed by atoms with Gasteiger partial charge in [-0.2, -0.15) is 0 Å². The maximum absolute atomic E-state index is 3.67. The lowest BCUT2D eigenvalue weighted by atomic mass is 9.81. The smallest absolute Gasteiger partial charge is 0.00407 e. The summed E-state index contributed by atoms with van der Waals surface area (Å²) >= 11 is 0. The summed E-state index contributed by atoms with van der Waals surface area (Å²) in [5, 5.41) is 3.36. The third-order valence-electron chi connectivity index (χ3n) is 2.38. The molecule has 1 fully saturated rings. The van der Waals surface area contributed by atoms with Crippen LogP contribution in [0.5, 0.6) is 0 Å². The summed E-state index contributed by atoms with van der Waals surface area (Å²) in [6.45, 7) is 8.29. The lowest BCUT2D eigenvalue weighted by Gasteiger charge is -2.30. The van der Waals surface area contributed by atoms with Crippen LogP contribution >= 0.6 is 0 Å². The fraction of sp³-hybridized carbons (Fsp3) is 0.600. The molecule has 1 N–H and O–H groups in total. The molecule has 11 heavy (non-hydrogen) atoms. The van der Waals surface area contributed by atoms with E-state index in [-0.39, 0.29) is 0 Å². The summed E-state index contributed by atoms with van der Waals surface area (Å²) in [4.78, 5) is 0. The Kier molecular flexibility index (Phi) is 2.89. The lowest BCUT2D eigenvalue weighted by molar-refractivity contribution is 0.301. The summed E-state index contributed by atoms with van der Waals surface area (Å²) in [5.41, 5.74) is 0.416. The van der Waals surface area contributed by atoms with Gasteiger partial charge in [0.1, 0.15) is 0 Å². The molecule has 0 atom stereocenters. The molecule has 1 aliphatic rings. The summed E-state index contributed by atoms with van der Waals surface area (Å²) in [6, 6.07) is 0. The van der Waals surface area contributed by atoms with Crippen LogP contribution < -0.4 is 5.32 Å². The van der Waals surface area contributed by atoms with Crippen LogP contribution in [0.3, 0.4) is 0 Å². The van der Waals surface area contributed by atoms with E-state index >= 15 is 0 Å². The van der Waals surface area contributed by atoms with Crippen LogP contribution in [0.15, 0.2) is 24.8 Å². The van der Waals surface area contributed by atoms with E-state index in [4.69, 9.17) is 0 Å². The zero-order valence-corrected chi connectivity index (χ0v) is 7.27. The minimum absolute atomic E-state index is 0.416. The van der Waals surface area contributed by atoms with Gasteiger partial charge < -0.3 is 5.32 Å². The highest BCUT2D eigenvalue weighted by Gasteiger charge is 2.22. The number of hydrogen-bond acceptors (Lipinski definition) is 1. The van der Waals surface area contributed by atoms with Crippen molar-refractivity contribution in [2.45, 2.75) is 19.8 Å². The van der Waals surface area contributed by atoms with Crippen molar-refractivity contribution in [3.05, 3.63) is 24.8 Å². The van der Waals surface area contributed by atoms with Gasteiger partial charge in [-0.25, -0.2) is 0 Å². The van der Waals surface area contributed by atoms with Gasteiger partial charge in [-0.05, 0) is 31.3 Å². The monoisotopic (exact) mass is 151 g/mol. The van der Waals surface area contributed by atoms with E-state index in [2.05, 4.69) is 31.0 Å². The van der Waals surface area contributed by atoms with E-state index in [1.165, 1.54) is 12.8 Å². The van der Waals surface area contributed by atoms with E-state index in [1.807, 2.05) is 6.08 Å². The molecule has 0 aromatic carbocycles. The highest BCUT2D eigenvalue weighted by Crippen LogP contribution is 2.29. The van der Waals surface area contributed by atoms with Crippen LogP contribution in [0.2, 0.25) is 0 Å². The number of rotatable bonds is 2. The molecule has 0 aromatic heterocycles. The first-order chi connectivity index (χ1) is 5.27. The minimum atomic E-state index is 0.416. The molecule has 1 saturated heterocycles. The van der Waals surface area contributed by atoms with Crippen LogP contribution in [-0.4, -0.2) is 13.1 Å². The van der Waals surface area contributed by atoms with Crippen molar-refractivity contribution < 1.29 is 0 Å². The van der Waals surface area contributed by atoms with Crippen molar-refractivity contribution >= 4 is 0 Å². The molecular formula is C10H17N. The number of piperidine rings is 1. The van der Waals surface area contributed by atoms with Crippen LogP contribution in [0.1, 0.15) is 19.8 Å². The van der Waals surface area contributed by atoms with Gasteiger partial charge in [0.25, 0.3) is 0 Å². The number of hydrogen-bond donors (Lipinski definition) is 1. The molecule has 0 unspecified atom stereocenters. The molecule has 1 rings (SSSR count).